The van der Waals surface area contributed by atoms with Gasteiger partial charge in [0.2, 0.25) is 16.9 Å². The number of aliphatic hydroxyl groups excluding tert-OH is 2. The van der Waals surface area contributed by atoms with E-state index in [1.165, 1.54) is 13.8 Å². The third kappa shape index (κ3) is 14.5. The number of aliphatic hydroxyl groups is 2. The van der Waals surface area contributed by atoms with Crippen LogP contribution in [0.2, 0.25) is 0 Å². The van der Waals surface area contributed by atoms with Crippen LogP contribution >= 0.6 is 35.2 Å². The molecule has 0 saturated carbocycles. The monoisotopic (exact) mass is 911 g/mol. The molecule has 0 aromatic carbocycles. The van der Waals surface area contributed by atoms with Crippen LogP contribution in [-0.4, -0.2) is 134 Å². The molecule has 2 aromatic heterocycles. The van der Waals surface area contributed by atoms with Gasteiger partial charge in [0, 0.05) is 30.7 Å². The number of aromatic nitrogens is 4. The smallest absolute Gasteiger partial charge is 0.481 e. The second kappa shape index (κ2) is 20.8. The Morgan fingerprint density at radius 1 is 1.09 bits per heavy atom. The van der Waals surface area contributed by atoms with E-state index in [4.69, 9.17) is 24.6 Å². The first kappa shape index (κ1) is 49.1. The Balaban J connectivity index is 1.48. The lowest BCUT2D eigenvalue weighted by Gasteiger charge is -2.30. The first-order valence-electron chi connectivity index (χ1n) is 16.4. The number of fused-ring (bicyclic) bond motifs is 1. The van der Waals surface area contributed by atoms with Crippen LogP contribution < -0.4 is 16.4 Å². The summed E-state index contributed by atoms with van der Waals surface area (Å²) in [5.41, 5.74) is 4.15. The molecular weight excluding hydrogens is 870 g/mol. The zero-order valence-corrected chi connectivity index (χ0v) is 33.7. The van der Waals surface area contributed by atoms with Crippen molar-refractivity contribution in [2.45, 2.75) is 57.3 Å². The molecule has 1 saturated heterocycles. The van der Waals surface area contributed by atoms with Crippen molar-refractivity contribution in [2.75, 3.05) is 37.8 Å². The lowest BCUT2D eigenvalue weighted by atomic mass is 9.87. The summed E-state index contributed by atoms with van der Waals surface area (Å²) in [6, 6.07) is 0. The number of rotatable bonds is 23. The van der Waals surface area contributed by atoms with Crippen LogP contribution in [0, 0.1) is 11.3 Å². The number of carboxylic acid groups (broad SMARTS) is 1. The highest BCUT2D eigenvalue weighted by Crippen LogP contribution is 2.61. The maximum absolute atomic E-state index is 12.7. The van der Waals surface area contributed by atoms with Gasteiger partial charge in [-0.05, 0) is 6.42 Å². The fourth-order valence-corrected chi connectivity index (χ4v) is 8.50. The van der Waals surface area contributed by atoms with Crippen molar-refractivity contribution in [3.63, 3.8) is 0 Å². The molecule has 1 fully saturated rings. The number of ether oxygens (including phenoxy) is 1. The van der Waals surface area contributed by atoms with Gasteiger partial charge in [-0.1, -0.05) is 31.7 Å². The normalized spacial score (nSPS) is 21.9. The van der Waals surface area contributed by atoms with Gasteiger partial charge < -0.3 is 56.0 Å². The first-order valence-corrected chi connectivity index (χ1v) is 21.9. The second-order valence-electron chi connectivity index (χ2n) is 12.7. The lowest BCUT2D eigenvalue weighted by molar-refractivity contribution is -0.144. The topological polar surface area (TPSA) is 401 Å². The van der Waals surface area contributed by atoms with Crippen LogP contribution in [0.3, 0.4) is 0 Å². The molecule has 1 aliphatic rings. The minimum absolute atomic E-state index is 0.00460. The number of nitrogens with two attached hydrogens (primary N) is 1. The predicted octanol–water partition coefficient (Wildman–Crippen LogP) is -0.761. The summed E-state index contributed by atoms with van der Waals surface area (Å²) >= 11 is 0.620. The van der Waals surface area contributed by atoms with Crippen LogP contribution in [0.5, 0.6) is 0 Å². The number of carboxylic acids is 1. The number of phosphoric acid groups is 3. The van der Waals surface area contributed by atoms with E-state index in [2.05, 4.69) is 34.4 Å². The second-order valence-corrected chi connectivity index (χ2v) is 18.1. The number of phosphoric ester groups is 3. The van der Waals surface area contributed by atoms with Gasteiger partial charge in [0.15, 0.2) is 17.7 Å². The molecule has 26 nitrogen and oxygen atoms in total. The van der Waals surface area contributed by atoms with Crippen LogP contribution in [0.1, 0.15) is 32.9 Å². The van der Waals surface area contributed by atoms with Gasteiger partial charge in [0.05, 0.1) is 25.9 Å². The van der Waals surface area contributed by atoms with Gasteiger partial charge in [-0.3, -0.25) is 37.3 Å². The summed E-state index contributed by atoms with van der Waals surface area (Å²) in [4.78, 5) is 98.7. The molecule has 2 amide bonds. The molecule has 3 rings (SSSR count). The maximum atomic E-state index is 12.7. The molecular formula is C27H41FN7O19P3S. The van der Waals surface area contributed by atoms with Crippen LogP contribution in [-0.2, 0) is 55.5 Å². The number of imidazole rings is 1. The largest absolute Gasteiger partial charge is 0.481 e. The van der Waals surface area contributed by atoms with E-state index in [0.717, 1.165) is 23.3 Å². The number of allylic oxidation sites excluding steroid dienone is 1. The molecule has 3 unspecified atom stereocenters. The number of nitrogen functional groups attached to an aromatic ring is 1. The minimum atomic E-state index is -5.61. The van der Waals surface area contributed by atoms with Gasteiger partial charge in [-0.25, -0.2) is 33.0 Å². The van der Waals surface area contributed by atoms with E-state index in [1.54, 1.807) is 0 Å². The Morgan fingerprint density at radius 2 is 1.76 bits per heavy atom. The van der Waals surface area contributed by atoms with Gasteiger partial charge >= 0.3 is 29.4 Å². The zero-order valence-electron chi connectivity index (χ0n) is 30.2. The maximum Gasteiger partial charge on any atom is 0.481 e. The fourth-order valence-electron chi connectivity index (χ4n) is 4.87. The standard InChI is InChI=1S/C27H41FN7O19P3S/c1-27(2,20(38)23(39)31-7-5-16(36)30-8-9-58-26(42)14(25(40)41)4-3-6-28)11-51-57(48,49)54-56(46,47)50-10-15-19(53-55(43,44)45)18(37)24(52-15)35-13-34-17-21(29)32-12-33-22(17)35/h3,6,12-15,18-20,24,37-38H,4-5,7-11H2,1-2H3,(H,30,36)(H,31,39)(H,40,41)(H,46,47)(H,48,49)(H2,29,32,33)(H2,43,44,45)/t14?,15-,18-,19-,20+,24-/m1/s1. The highest BCUT2D eigenvalue weighted by molar-refractivity contribution is 8.13. The Labute approximate surface area is 331 Å². The van der Waals surface area contributed by atoms with Crippen molar-refractivity contribution in [2.24, 2.45) is 11.3 Å². The average molecular weight is 912 g/mol. The molecule has 11 N–H and O–H groups in total. The minimum Gasteiger partial charge on any atom is -0.481 e. The SMILES string of the molecule is CC(C)(COP(=O)(O)OP(=O)(O)OC[C@H]1O[C@@H](n2cnc3c(N)ncnc32)[C@H](O)[C@@H]1OP(=O)(O)O)[C@@H](O)C(=O)NCCC(=O)NCCSC(=O)C(CC=CF)C(=O)O. The van der Waals surface area contributed by atoms with Crippen molar-refractivity contribution in [1.82, 2.24) is 30.2 Å². The number of carbonyl (C=O) groups is 4. The molecule has 31 heteroatoms. The summed E-state index contributed by atoms with van der Waals surface area (Å²) in [6.07, 6.45) is -6.60. The van der Waals surface area contributed by atoms with Crippen molar-refractivity contribution in [1.29, 1.82) is 0 Å². The lowest BCUT2D eigenvalue weighted by Crippen LogP contribution is -2.46. The Morgan fingerprint density at radius 3 is 2.40 bits per heavy atom. The highest BCUT2D eigenvalue weighted by atomic mass is 32.2. The molecule has 1 aliphatic heterocycles. The number of nitrogens with zero attached hydrogens (tertiary/aromatic N) is 4. The van der Waals surface area contributed by atoms with E-state index in [-0.39, 0.29) is 55.0 Å². The number of amides is 2. The number of carbonyl (C=O) groups excluding carboxylic acids is 3. The molecule has 2 aromatic rings. The average Bonchev–Trinajstić information content (AvgIpc) is 3.68. The number of nitrogens with one attached hydrogen (secondary N) is 2. The van der Waals surface area contributed by atoms with Crippen molar-refractivity contribution in [3.8, 4) is 0 Å². The molecule has 58 heavy (non-hydrogen) atoms. The Kier molecular flexibility index (Phi) is 17.6. The van der Waals surface area contributed by atoms with E-state index >= 15 is 0 Å². The quantitative estimate of drug-likeness (QED) is 0.0372. The fraction of sp³-hybridized carbons (Fsp3) is 0.593. The van der Waals surface area contributed by atoms with Crippen molar-refractivity contribution >= 4 is 75.1 Å². The molecule has 0 bridgehead atoms. The van der Waals surface area contributed by atoms with Crippen LogP contribution in [0.15, 0.2) is 25.1 Å². The van der Waals surface area contributed by atoms with Crippen LogP contribution in [0.4, 0.5) is 10.2 Å². The molecule has 0 aliphatic carbocycles. The van der Waals surface area contributed by atoms with E-state index < -0.39 is 102 Å². The first-order chi connectivity index (χ1) is 26.9. The summed E-state index contributed by atoms with van der Waals surface area (Å²) in [5.74, 6) is -4.62. The zero-order chi connectivity index (χ0) is 43.6. The van der Waals surface area contributed by atoms with E-state index in [1.807, 2.05) is 0 Å². The number of anilines is 1. The van der Waals surface area contributed by atoms with Gasteiger partial charge in [-0.15, -0.1) is 0 Å². The van der Waals surface area contributed by atoms with Crippen molar-refractivity contribution in [3.05, 3.63) is 25.1 Å². The number of aliphatic carboxylic acids is 1. The summed E-state index contributed by atoms with van der Waals surface area (Å²) in [5, 5.41) is 34.4. The molecule has 8 atom stereocenters. The number of thioether (sulfide) groups is 1. The van der Waals surface area contributed by atoms with Crippen molar-refractivity contribution < 1.29 is 94.8 Å². The molecule has 0 spiro atoms. The third-order valence-electron chi connectivity index (χ3n) is 7.79. The van der Waals surface area contributed by atoms with Gasteiger partial charge in [-0.2, -0.15) is 4.31 Å². The van der Waals surface area contributed by atoms with E-state index in [0.29, 0.717) is 11.8 Å². The number of hydrogen-bond donors (Lipinski definition) is 10. The molecule has 326 valence electrons. The van der Waals surface area contributed by atoms with Gasteiger partial charge in [0.1, 0.15) is 42.2 Å². The number of halogens is 1. The summed E-state index contributed by atoms with van der Waals surface area (Å²) in [7, 11) is -16.5. The highest BCUT2D eigenvalue weighted by Gasteiger charge is 2.50. The predicted molar refractivity (Wildman–Crippen MR) is 193 cm³/mol. The molecule has 3 heterocycles. The van der Waals surface area contributed by atoms with Gasteiger partial charge in [0.25, 0.3) is 0 Å². The summed E-state index contributed by atoms with van der Waals surface area (Å²) in [6.45, 7) is -0.0703. The third-order valence-corrected chi connectivity index (χ3v) is 11.9. The Bertz CT molecular complexity index is 1970. The Hall–Kier alpha value is -3.30. The number of hydrogen-bond acceptors (Lipinski definition) is 19. The van der Waals surface area contributed by atoms with Crippen LogP contribution in [0.25, 0.3) is 11.2 Å². The van der Waals surface area contributed by atoms with E-state index in [9.17, 15) is 67.1 Å². The molecule has 0 radical (unpaired) electrons. The summed E-state index contributed by atoms with van der Waals surface area (Å²) < 4.78 is 74.1.